The molecule has 0 spiro atoms. The van der Waals surface area contributed by atoms with Crippen LogP contribution in [-0.2, 0) is 16.6 Å². The Kier molecular flexibility index (Phi) is 6.56. The molecule has 0 saturated carbocycles. The highest BCUT2D eigenvalue weighted by Gasteiger charge is 2.15. The van der Waals surface area contributed by atoms with Gasteiger partial charge < -0.3 is 5.32 Å². The number of carbonyl (C=O) groups is 1. The van der Waals surface area contributed by atoms with Crippen molar-refractivity contribution < 1.29 is 13.2 Å². The monoisotopic (exact) mass is 456 g/mol. The van der Waals surface area contributed by atoms with Crippen LogP contribution >= 0.6 is 0 Å². The molecule has 0 saturated heterocycles. The molecule has 4 aromatic rings. The molecule has 0 aliphatic carbocycles. The van der Waals surface area contributed by atoms with Crippen LogP contribution in [0.4, 0.5) is 5.69 Å². The first-order valence-corrected chi connectivity index (χ1v) is 12.0. The Morgan fingerprint density at radius 3 is 2.00 bits per heavy atom. The van der Waals surface area contributed by atoms with Crippen LogP contribution in [0.15, 0.2) is 108 Å². The number of sulfonamides is 1. The number of hydrogen-bond acceptors (Lipinski definition) is 3. The van der Waals surface area contributed by atoms with Gasteiger partial charge in [0.1, 0.15) is 0 Å². The minimum Gasteiger partial charge on any atom is -0.348 e. The second kappa shape index (κ2) is 9.71. The number of benzene rings is 4. The first-order valence-electron chi connectivity index (χ1n) is 10.5. The summed E-state index contributed by atoms with van der Waals surface area (Å²) in [5.74, 6) is -0.218. The maximum absolute atomic E-state index is 12.8. The molecule has 0 aliphatic rings. The minimum absolute atomic E-state index is 0.169. The lowest BCUT2D eigenvalue weighted by Crippen LogP contribution is -2.23. The predicted octanol–water partition coefficient (Wildman–Crippen LogP) is 5.39. The molecular weight excluding hydrogens is 432 g/mol. The highest BCUT2D eigenvalue weighted by molar-refractivity contribution is 7.92. The Morgan fingerprint density at radius 1 is 0.727 bits per heavy atom. The van der Waals surface area contributed by atoms with Crippen molar-refractivity contribution in [3.63, 3.8) is 0 Å². The molecule has 0 aromatic heterocycles. The molecule has 0 fully saturated rings. The summed E-state index contributed by atoms with van der Waals surface area (Å²) in [5.41, 5.74) is 4.96. The van der Waals surface area contributed by atoms with Crippen LogP contribution in [0.5, 0.6) is 0 Å². The Morgan fingerprint density at radius 2 is 1.33 bits per heavy atom. The van der Waals surface area contributed by atoms with Crippen molar-refractivity contribution >= 4 is 21.6 Å². The molecule has 4 aromatic carbocycles. The van der Waals surface area contributed by atoms with Crippen LogP contribution < -0.4 is 10.0 Å². The van der Waals surface area contributed by atoms with E-state index in [4.69, 9.17) is 0 Å². The molecule has 0 bridgehead atoms. The van der Waals surface area contributed by atoms with Gasteiger partial charge in [-0.3, -0.25) is 9.52 Å². The van der Waals surface area contributed by atoms with Crippen LogP contribution in [-0.4, -0.2) is 14.3 Å². The Bertz CT molecular complexity index is 1350. The molecule has 33 heavy (non-hydrogen) atoms. The second-order valence-electron chi connectivity index (χ2n) is 7.68. The summed E-state index contributed by atoms with van der Waals surface area (Å²) in [7, 11) is -3.75. The average Bonchev–Trinajstić information content (AvgIpc) is 2.84. The summed E-state index contributed by atoms with van der Waals surface area (Å²) in [5, 5.41) is 2.89. The number of anilines is 1. The number of carbonyl (C=O) groups excluding carboxylic acids is 1. The molecule has 5 nitrogen and oxygen atoms in total. The average molecular weight is 457 g/mol. The van der Waals surface area contributed by atoms with Gasteiger partial charge >= 0.3 is 0 Å². The predicted molar refractivity (Wildman–Crippen MR) is 131 cm³/mol. The van der Waals surface area contributed by atoms with Gasteiger partial charge in [-0.15, -0.1) is 0 Å². The van der Waals surface area contributed by atoms with Crippen molar-refractivity contribution in [1.82, 2.24) is 5.32 Å². The van der Waals surface area contributed by atoms with E-state index >= 15 is 0 Å². The van der Waals surface area contributed by atoms with Crippen molar-refractivity contribution in [2.75, 3.05) is 4.72 Å². The van der Waals surface area contributed by atoms with Gasteiger partial charge in [-0.25, -0.2) is 8.42 Å². The molecule has 0 radical (unpaired) electrons. The van der Waals surface area contributed by atoms with Crippen molar-refractivity contribution in [3.8, 4) is 11.1 Å². The molecule has 1 amide bonds. The topological polar surface area (TPSA) is 75.3 Å². The number of aryl methyl sites for hydroxylation is 1. The molecule has 6 heteroatoms. The van der Waals surface area contributed by atoms with Gasteiger partial charge in [0.15, 0.2) is 0 Å². The smallest absolute Gasteiger partial charge is 0.261 e. The summed E-state index contributed by atoms with van der Waals surface area (Å²) in [6.45, 7) is 2.43. The van der Waals surface area contributed by atoms with E-state index in [1.54, 1.807) is 48.5 Å². The molecule has 0 unspecified atom stereocenters. The molecule has 2 N–H and O–H groups in total. The largest absolute Gasteiger partial charge is 0.348 e. The Labute approximate surface area is 194 Å². The summed E-state index contributed by atoms with van der Waals surface area (Å²) in [6, 6.07) is 30.7. The summed E-state index contributed by atoms with van der Waals surface area (Å²) in [4.78, 5) is 12.6. The van der Waals surface area contributed by atoms with Gasteiger partial charge in [0.05, 0.1) is 4.90 Å². The normalized spacial score (nSPS) is 11.1. The SMILES string of the molecule is Cc1ccccc1CNC(=O)c1ccc(NS(=O)(=O)c2ccc(-c3ccccc3)cc2)cc1. The van der Waals surface area contributed by atoms with Crippen LogP contribution in [0.1, 0.15) is 21.5 Å². The number of rotatable bonds is 7. The standard InChI is InChI=1S/C27H24N2O3S/c1-20-7-5-6-10-24(20)19-28-27(30)23-11-15-25(16-12-23)29-33(31,32)26-17-13-22(14-18-26)21-8-3-2-4-9-21/h2-18,29H,19H2,1H3,(H,28,30). The van der Waals surface area contributed by atoms with Crippen molar-refractivity contribution in [2.45, 2.75) is 18.4 Å². The van der Waals surface area contributed by atoms with E-state index in [1.807, 2.05) is 61.5 Å². The summed E-state index contributed by atoms with van der Waals surface area (Å²) < 4.78 is 28.1. The third-order valence-corrected chi connectivity index (χ3v) is 6.77. The summed E-state index contributed by atoms with van der Waals surface area (Å²) in [6.07, 6.45) is 0. The molecule has 4 rings (SSSR count). The first-order chi connectivity index (χ1) is 15.9. The van der Waals surface area contributed by atoms with E-state index in [-0.39, 0.29) is 10.8 Å². The van der Waals surface area contributed by atoms with Gasteiger partial charge in [0.2, 0.25) is 0 Å². The van der Waals surface area contributed by atoms with Gasteiger partial charge in [0, 0.05) is 17.8 Å². The van der Waals surface area contributed by atoms with Crippen LogP contribution in [0.25, 0.3) is 11.1 Å². The zero-order valence-electron chi connectivity index (χ0n) is 18.2. The van der Waals surface area contributed by atoms with Crippen LogP contribution in [0, 0.1) is 6.92 Å². The van der Waals surface area contributed by atoms with E-state index in [2.05, 4.69) is 10.0 Å². The van der Waals surface area contributed by atoms with E-state index in [0.717, 1.165) is 22.3 Å². The van der Waals surface area contributed by atoms with E-state index in [0.29, 0.717) is 17.8 Å². The quantitative estimate of drug-likeness (QED) is 0.391. The highest BCUT2D eigenvalue weighted by atomic mass is 32.2. The van der Waals surface area contributed by atoms with Gasteiger partial charge in [-0.2, -0.15) is 0 Å². The van der Waals surface area contributed by atoms with Gasteiger partial charge in [-0.1, -0.05) is 66.7 Å². The third-order valence-electron chi connectivity index (χ3n) is 5.37. The Hall–Kier alpha value is -3.90. The van der Waals surface area contributed by atoms with Crippen molar-refractivity contribution in [3.05, 3.63) is 120 Å². The third kappa shape index (κ3) is 5.48. The van der Waals surface area contributed by atoms with Crippen molar-refractivity contribution in [2.24, 2.45) is 0 Å². The lowest BCUT2D eigenvalue weighted by atomic mass is 10.1. The van der Waals surface area contributed by atoms with Crippen LogP contribution in [0.2, 0.25) is 0 Å². The lowest BCUT2D eigenvalue weighted by Gasteiger charge is -2.11. The van der Waals surface area contributed by atoms with E-state index in [9.17, 15) is 13.2 Å². The fourth-order valence-corrected chi connectivity index (χ4v) is 4.51. The zero-order valence-corrected chi connectivity index (χ0v) is 19.0. The number of hydrogen-bond donors (Lipinski definition) is 2. The number of nitrogens with one attached hydrogen (secondary N) is 2. The molecular formula is C27H24N2O3S. The van der Waals surface area contributed by atoms with Gasteiger partial charge in [-0.05, 0) is 65.6 Å². The highest BCUT2D eigenvalue weighted by Crippen LogP contribution is 2.22. The van der Waals surface area contributed by atoms with E-state index in [1.165, 1.54) is 0 Å². The fourth-order valence-electron chi connectivity index (χ4n) is 3.45. The maximum atomic E-state index is 12.8. The lowest BCUT2D eigenvalue weighted by molar-refractivity contribution is 0.0951. The second-order valence-corrected chi connectivity index (χ2v) is 9.36. The van der Waals surface area contributed by atoms with Crippen LogP contribution in [0.3, 0.4) is 0 Å². The Balaban J connectivity index is 1.40. The number of amides is 1. The summed E-state index contributed by atoms with van der Waals surface area (Å²) >= 11 is 0. The van der Waals surface area contributed by atoms with Gasteiger partial charge in [0.25, 0.3) is 15.9 Å². The maximum Gasteiger partial charge on any atom is 0.261 e. The fraction of sp³-hybridized carbons (Fsp3) is 0.0741. The molecule has 166 valence electrons. The molecule has 0 atom stereocenters. The minimum atomic E-state index is -3.75. The first kappa shape index (κ1) is 22.3. The molecule has 0 heterocycles. The van der Waals surface area contributed by atoms with E-state index < -0.39 is 10.0 Å². The van der Waals surface area contributed by atoms with Crippen molar-refractivity contribution in [1.29, 1.82) is 0 Å². The molecule has 0 aliphatic heterocycles. The zero-order chi connectivity index (χ0) is 23.3.